The summed E-state index contributed by atoms with van der Waals surface area (Å²) in [7, 11) is 3.65. The molecular formula is C12H17Cl2NO. The fraction of sp³-hybridized carbons (Fsp3) is 0.500. The van der Waals surface area contributed by atoms with Gasteiger partial charge in [0, 0.05) is 29.8 Å². The van der Waals surface area contributed by atoms with Crippen LogP contribution >= 0.6 is 23.2 Å². The van der Waals surface area contributed by atoms with Crippen molar-refractivity contribution in [2.45, 2.75) is 18.9 Å². The van der Waals surface area contributed by atoms with Crippen molar-refractivity contribution >= 4 is 23.2 Å². The van der Waals surface area contributed by atoms with E-state index in [1.54, 1.807) is 13.2 Å². The first-order valence-corrected chi connectivity index (χ1v) is 6.05. The van der Waals surface area contributed by atoms with E-state index >= 15 is 0 Å². The van der Waals surface area contributed by atoms with Gasteiger partial charge < -0.3 is 10.1 Å². The molecule has 1 aromatic rings. The molecule has 0 spiro atoms. The van der Waals surface area contributed by atoms with Crippen LogP contribution < -0.4 is 5.32 Å². The largest absolute Gasteiger partial charge is 0.385 e. The molecule has 0 aliphatic heterocycles. The number of nitrogens with one attached hydrogen (secondary N) is 1. The highest BCUT2D eigenvalue weighted by Crippen LogP contribution is 2.25. The van der Waals surface area contributed by atoms with E-state index in [2.05, 4.69) is 5.32 Å². The van der Waals surface area contributed by atoms with Crippen LogP contribution in [-0.4, -0.2) is 20.8 Å². The molecule has 0 saturated heterocycles. The van der Waals surface area contributed by atoms with Gasteiger partial charge in [0.2, 0.25) is 0 Å². The zero-order valence-corrected chi connectivity index (χ0v) is 11.1. The SMILES string of the molecule is CNC(CCCOC)c1cc(Cl)cc(Cl)c1. The minimum absolute atomic E-state index is 0.270. The lowest BCUT2D eigenvalue weighted by Gasteiger charge is -2.17. The van der Waals surface area contributed by atoms with Gasteiger partial charge in [-0.15, -0.1) is 0 Å². The summed E-state index contributed by atoms with van der Waals surface area (Å²) >= 11 is 12.0. The maximum Gasteiger partial charge on any atom is 0.0462 e. The van der Waals surface area contributed by atoms with Crippen LogP contribution in [0.15, 0.2) is 18.2 Å². The molecular weight excluding hydrogens is 245 g/mol. The Labute approximate surface area is 107 Å². The number of methoxy groups -OCH3 is 1. The molecule has 1 N–H and O–H groups in total. The monoisotopic (exact) mass is 261 g/mol. The Kier molecular flexibility index (Phi) is 6.14. The van der Waals surface area contributed by atoms with E-state index in [0.29, 0.717) is 10.0 Å². The second-order valence-corrected chi connectivity index (χ2v) is 4.55. The number of hydrogen-bond donors (Lipinski definition) is 1. The first kappa shape index (κ1) is 13.8. The molecule has 0 aliphatic carbocycles. The molecule has 0 heterocycles. The fourth-order valence-corrected chi connectivity index (χ4v) is 2.23. The molecule has 0 aliphatic rings. The topological polar surface area (TPSA) is 21.3 Å². The standard InChI is InChI=1S/C12H17Cl2NO/c1-15-12(4-3-5-16-2)9-6-10(13)8-11(14)7-9/h6-8,12,15H,3-5H2,1-2H3. The van der Waals surface area contributed by atoms with Crippen molar-refractivity contribution < 1.29 is 4.74 Å². The molecule has 2 nitrogen and oxygen atoms in total. The Morgan fingerprint density at radius 2 is 1.88 bits per heavy atom. The van der Waals surface area contributed by atoms with Gasteiger partial charge in [0.05, 0.1) is 0 Å². The average molecular weight is 262 g/mol. The van der Waals surface area contributed by atoms with Crippen LogP contribution in [0.5, 0.6) is 0 Å². The highest BCUT2D eigenvalue weighted by Gasteiger charge is 2.10. The lowest BCUT2D eigenvalue weighted by atomic mass is 10.0. The van der Waals surface area contributed by atoms with Crippen molar-refractivity contribution in [2.75, 3.05) is 20.8 Å². The van der Waals surface area contributed by atoms with Gasteiger partial charge in [-0.2, -0.15) is 0 Å². The maximum absolute atomic E-state index is 5.98. The molecule has 0 aromatic heterocycles. The Balaban J connectivity index is 2.70. The smallest absolute Gasteiger partial charge is 0.0462 e. The number of ether oxygens (including phenoxy) is 1. The molecule has 0 amide bonds. The number of hydrogen-bond acceptors (Lipinski definition) is 2. The number of benzene rings is 1. The molecule has 90 valence electrons. The second kappa shape index (κ2) is 7.13. The Morgan fingerprint density at radius 1 is 1.25 bits per heavy atom. The van der Waals surface area contributed by atoms with Crippen LogP contribution in [0, 0.1) is 0 Å². The van der Waals surface area contributed by atoms with E-state index in [1.807, 2.05) is 19.2 Å². The Morgan fingerprint density at radius 3 is 2.38 bits per heavy atom. The summed E-state index contributed by atoms with van der Waals surface area (Å²) in [6.07, 6.45) is 2.01. The van der Waals surface area contributed by atoms with Crippen molar-refractivity contribution in [3.8, 4) is 0 Å². The van der Waals surface area contributed by atoms with E-state index in [9.17, 15) is 0 Å². The minimum Gasteiger partial charge on any atom is -0.385 e. The maximum atomic E-state index is 5.98. The van der Waals surface area contributed by atoms with E-state index in [-0.39, 0.29) is 6.04 Å². The Hall–Kier alpha value is -0.280. The number of rotatable bonds is 6. The van der Waals surface area contributed by atoms with Gasteiger partial charge in [0.1, 0.15) is 0 Å². The first-order chi connectivity index (χ1) is 7.67. The summed E-state index contributed by atoms with van der Waals surface area (Å²) in [5, 5.41) is 4.61. The van der Waals surface area contributed by atoms with Gasteiger partial charge in [-0.3, -0.25) is 0 Å². The summed E-state index contributed by atoms with van der Waals surface area (Å²) in [4.78, 5) is 0. The zero-order valence-electron chi connectivity index (χ0n) is 9.59. The normalized spacial score (nSPS) is 12.8. The van der Waals surface area contributed by atoms with E-state index in [1.165, 1.54) is 0 Å². The summed E-state index contributed by atoms with van der Waals surface area (Å²) in [5.74, 6) is 0. The molecule has 1 rings (SSSR count). The van der Waals surface area contributed by atoms with Crippen LogP contribution in [0.1, 0.15) is 24.4 Å². The van der Waals surface area contributed by atoms with Crippen LogP contribution in [-0.2, 0) is 4.74 Å². The van der Waals surface area contributed by atoms with Gasteiger partial charge in [0.25, 0.3) is 0 Å². The van der Waals surface area contributed by atoms with Gasteiger partial charge in [-0.1, -0.05) is 23.2 Å². The van der Waals surface area contributed by atoms with E-state index in [4.69, 9.17) is 27.9 Å². The lowest BCUT2D eigenvalue weighted by molar-refractivity contribution is 0.189. The molecule has 1 unspecified atom stereocenters. The van der Waals surface area contributed by atoms with Crippen molar-refractivity contribution in [2.24, 2.45) is 0 Å². The number of halogens is 2. The quantitative estimate of drug-likeness (QED) is 0.789. The van der Waals surface area contributed by atoms with Crippen molar-refractivity contribution in [3.63, 3.8) is 0 Å². The second-order valence-electron chi connectivity index (χ2n) is 3.68. The van der Waals surface area contributed by atoms with Crippen LogP contribution in [0.4, 0.5) is 0 Å². The molecule has 1 atom stereocenters. The summed E-state index contributed by atoms with van der Waals surface area (Å²) in [6, 6.07) is 5.91. The summed E-state index contributed by atoms with van der Waals surface area (Å²) < 4.78 is 5.04. The predicted molar refractivity (Wildman–Crippen MR) is 69.4 cm³/mol. The minimum atomic E-state index is 0.270. The highest BCUT2D eigenvalue weighted by atomic mass is 35.5. The average Bonchev–Trinajstić information content (AvgIpc) is 2.23. The molecule has 16 heavy (non-hydrogen) atoms. The molecule has 0 saturated carbocycles. The van der Waals surface area contributed by atoms with Gasteiger partial charge in [-0.25, -0.2) is 0 Å². The van der Waals surface area contributed by atoms with E-state index in [0.717, 1.165) is 25.0 Å². The van der Waals surface area contributed by atoms with Gasteiger partial charge in [0.15, 0.2) is 0 Å². The van der Waals surface area contributed by atoms with Crippen LogP contribution in [0.3, 0.4) is 0 Å². The summed E-state index contributed by atoms with van der Waals surface area (Å²) in [5.41, 5.74) is 1.12. The lowest BCUT2D eigenvalue weighted by Crippen LogP contribution is -2.16. The predicted octanol–water partition coefficient (Wildman–Crippen LogP) is 3.68. The molecule has 1 aromatic carbocycles. The molecule has 4 heteroatoms. The highest BCUT2D eigenvalue weighted by molar-refractivity contribution is 6.34. The van der Waals surface area contributed by atoms with Crippen LogP contribution in [0.25, 0.3) is 0 Å². The molecule has 0 fully saturated rings. The third-order valence-electron chi connectivity index (χ3n) is 2.48. The fourth-order valence-electron chi connectivity index (χ4n) is 1.69. The Bertz CT molecular complexity index is 311. The van der Waals surface area contributed by atoms with E-state index < -0.39 is 0 Å². The van der Waals surface area contributed by atoms with Gasteiger partial charge in [-0.05, 0) is 43.7 Å². The van der Waals surface area contributed by atoms with Crippen molar-refractivity contribution in [3.05, 3.63) is 33.8 Å². The van der Waals surface area contributed by atoms with Gasteiger partial charge >= 0.3 is 0 Å². The summed E-state index contributed by atoms with van der Waals surface area (Å²) in [6.45, 7) is 0.770. The molecule has 0 bridgehead atoms. The third kappa shape index (κ3) is 4.30. The zero-order chi connectivity index (χ0) is 12.0. The van der Waals surface area contributed by atoms with Crippen LogP contribution in [0.2, 0.25) is 10.0 Å². The first-order valence-electron chi connectivity index (χ1n) is 5.29. The van der Waals surface area contributed by atoms with Crippen molar-refractivity contribution in [1.29, 1.82) is 0 Å². The molecule has 0 radical (unpaired) electrons. The third-order valence-corrected chi connectivity index (χ3v) is 2.91. The van der Waals surface area contributed by atoms with Crippen molar-refractivity contribution in [1.82, 2.24) is 5.32 Å².